The summed E-state index contributed by atoms with van der Waals surface area (Å²) in [4.78, 5) is 0. The van der Waals surface area contributed by atoms with Crippen molar-refractivity contribution >= 4 is 86.4 Å². The molecule has 226 valence electrons. The molecule has 0 N–H and O–H groups in total. The average Bonchev–Trinajstić information content (AvgIpc) is 3.53. The first-order chi connectivity index (χ1) is 24.3. The first-order valence-corrected chi connectivity index (χ1v) is 17.0. The predicted molar refractivity (Wildman–Crippen MR) is 211 cm³/mol. The monoisotopic (exact) mass is 619 g/mol. The minimum absolute atomic E-state index is 1.16. The maximum absolute atomic E-state index is 2.45. The van der Waals surface area contributed by atoms with Crippen LogP contribution in [-0.2, 0) is 0 Å². The zero-order chi connectivity index (χ0) is 32.1. The molecule has 1 nitrogen and oxygen atoms in total. The number of hydrogen-bond donors (Lipinski definition) is 0. The Morgan fingerprint density at radius 3 is 1.33 bits per heavy atom. The van der Waals surface area contributed by atoms with Crippen LogP contribution in [0.25, 0.3) is 103 Å². The SMILES string of the molecule is c1cc(-c2ccc(-n3c4ccc5ccccc5c4c4c5ccccc5ccc43)cc2)c2cc3c4ccccc4c4ccccc4c3cc2c1. The molecule has 0 bridgehead atoms. The van der Waals surface area contributed by atoms with Crippen molar-refractivity contribution in [1.82, 2.24) is 4.57 Å². The second kappa shape index (κ2) is 10.0. The second-order valence-electron chi connectivity index (χ2n) is 13.3. The van der Waals surface area contributed by atoms with Crippen molar-refractivity contribution in [2.75, 3.05) is 0 Å². The van der Waals surface area contributed by atoms with E-state index in [0.29, 0.717) is 0 Å². The van der Waals surface area contributed by atoms with Crippen LogP contribution in [-0.4, -0.2) is 4.57 Å². The number of benzene rings is 10. The summed E-state index contributed by atoms with van der Waals surface area (Å²) in [5.41, 5.74) is 6.09. The van der Waals surface area contributed by atoms with Gasteiger partial charge in [-0.3, -0.25) is 0 Å². The van der Waals surface area contributed by atoms with E-state index in [1.54, 1.807) is 0 Å². The zero-order valence-electron chi connectivity index (χ0n) is 26.7. The highest BCUT2D eigenvalue weighted by molar-refractivity contribution is 6.29. The van der Waals surface area contributed by atoms with Gasteiger partial charge in [-0.05, 0) is 112 Å². The van der Waals surface area contributed by atoms with E-state index in [9.17, 15) is 0 Å². The van der Waals surface area contributed by atoms with Crippen LogP contribution < -0.4 is 0 Å². The summed E-state index contributed by atoms with van der Waals surface area (Å²) in [7, 11) is 0. The molecule has 10 aromatic carbocycles. The Morgan fingerprint density at radius 1 is 0.286 bits per heavy atom. The molecule has 1 heterocycles. The smallest absolute Gasteiger partial charge is 0.0547 e. The molecule has 1 aromatic heterocycles. The Hall–Kier alpha value is -6.44. The molecule has 0 saturated heterocycles. The largest absolute Gasteiger partial charge is 0.309 e. The fourth-order valence-corrected chi connectivity index (χ4v) is 8.54. The Labute approximate surface area is 282 Å². The Balaban J connectivity index is 1.14. The molecule has 11 rings (SSSR count). The highest BCUT2D eigenvalue weighted by atomic mass is 15.0. The Kier molecular flexibility index (Phi) is 5.45. The minimum Gasteiger partial charge on any atom is -0.309 e. The van der Waals surface area contributed by atoms with Gasteiger partial charge in [-0.1, -0.05) is 140 Å². The second-order valence-corrected chi connectivity index (χ2v) is 13.3. The van der Waals surface area contributed by atoms with Gasteiger partial charge in [0.05, 0.1) is 11.0 Å². The topological polar surface area (TPSA) is 4.93 Å². The number of aromatic nitrogens is 1. The highest BCUT2D eigenvalue weighted by Crippen LogP contribution is 2.42. The van der Waals surface area contributed by atoms with Crippen LogP contribution in [0.2, 0.25) is 0 Å². The lowest BCUT2D eigenvalue weighted by atomic mass is 9.90. The lowest BCUT2D eigenvalue weighted by Crippen LogP contribution is -1.94. The maximum Gasteiger partial charge on any atom is 0.0547 e. The summed E-state index contributed by atoms with van der Waals surface area (Å²) in [6.07, 6.45) is 0. The van der Waals surface area contributed by atoms with E-state index in [1.807, 2.05) is 0 Å². The van der Waals surface area contributed by atoms with E-state index >= 15 is 0 Å². The van der Waals surface area contributed by atoms with Gasteiger partial charge in [0, 0.05) is 16.5 Å². The van der Waals surface area contributed by atoms with Crippen molar-refractivity contribution in [2.24, 2.45) is 0 Å². The lowest BCUT2D eigenvalue weighted by molar-refractivity contribution is 1.18. The zero-order valence-corrected chi connectivity index (χ0v) is 26.7. The summed E-state index contributed by atoms with van der Waals surface area (Å²) in [5.74, 6) is 0. The minimum atomic E-state index is 1.16. The van der Waals surface area contributed by atoms with Crippen LogP contribution in [0.5, 0.6) is 0 Å². The number of nitrogens with zero attached hydrogens (tertiary/aromatic N) is 1. The first kappa shape index (κ1) is 26.6. The van der Waals surface area contributed by atoms with Crippen molar-refractivity contribution < 1.29 is 0 Å². The van der Waals surface area contributed by atoms with Gasteiger partial charge in [0.1, 0.15) is 0 Å². The van der Waals surface area contributed by atoms with Crippen LogP contribution in [0.1, 0.15) is 0 Å². The normalized spacial score (nSPS) is 12.1. The molecule has 0 aliphatic heterocycles. The number of fused-ring (bicyclic) bond motifs is 14. The van der Waals surface area contributed by atoms with Gasteiger partial charge in [-0.2, -0.15) is 0 Å². The molecular formula is C48H29N. The van der Waals surface area contributed by atoms with Crippen LogP contribution in [0, 0.1) is 0 Å². The molecule has 11 aromatic rings. The summed E-state index contributed by atoms with van der Waals surface area (Å²) in [6, 6.07) is 65.0. The number of rotatable bonds is 2. The molecule has 0 radical (unpaired) electrons. The highest BCUT2D eigenvalue weighted by Gasteiger charge is 2.18. The van der Waals surface area contributed by atoms with E-state index in [1.165, 1.54) is 97.6 Å². The third kappa shape index (κ3) is 3.76. The van der Waals surface area contributed by atoms with Gasteiger partial charge in [0.15, 0.2) is 0 Å². The summed E-state index contributed by atoms with van der Waals surface area (Å²) < 4.78 is 2.45. The molecule has 49 heavy (non-hydrogen) atoms. The molecule has 0 spiro atoms. The molecular weight excluding hydrogens is 591 g/mol. The van der Waals surface area contributed by atoms with Crippen molar-refractivity contribution in [3.63, 3.8) is 0 Å². The van der Waals surface area contributed by atoms with Crippen LogP contribution in [0.3, 0.4) is 0 Å². The van der Waals surface area contributed by atoms with Gasteiger partial charge in [0.25, 0.3) is 0 Å². The Bertz CT molecular complexity index is 3050. The molecule has 0 atom stereocenters. The molecule has 0 aliphatic carbocycles. The van der Waals surface area contributed by atoms with Gasteiger partial charge in [-0.15, -0.1) is 0 Å². The van der Waals surface area contributed by atoms with Gasteiger partial charge >= 0.3 is 0 Å². The fraction of sp³-hybridized carbons (Fsp3) is 0. The standard InChI is InChI=1S/C48H29N/c1-3-13-36-30(10-1)22-26-45-47(36)48-37-14-4-2-11-31(37)23-27-46(48)49(45)34-24-20-32(21-25-34)35-19-9-12-33-28-43-40-17-7-5-15-38(40)39-16-6-8-18-41(39)44(43)29-42(33)35/h1-29H. The van der Waals surface area contributed by atoms with Gasteiger partial charge in [-0.25, -0.2) is 0 Å². The van der Waals surface area contributed by atoms with Crippen molar-refractivity contribution in [2.45, 2.75) is 0 Å². The molecule has 0 saturated carbocycles. The van der Waals surface area contributed by atoms with E-state index in [2.05, 4.69) is 180 Å². The average molecular weight is 620 g/mol. The third-order valence-corrected chi connectivity index (χ3v) is 10.7. The van der Waals surface area contributed by atoms with Crippen molar-refractivity contribution in [3.8, 4) is 16.8 Å². The van der Waals surface area contributed by atoms with Crippen molar-refractivity contribution in [1.29, 1.82) is 0 Å². The molecule has 0 fully saturated rings. The summed E-state index contributed by atoms with van der Waals surface area (Å²) >= 11 is 0. The van der Waals surface area contributed by atoms with E-state index < -0.39 is 0 Å². The van der Waals surface area contributed by atoms with Crippen LogP contribution >= 0.6 is 0 Å². The quantitative estimate of drug-likeness (QED) is 0.134. The van der Waals surface area contributed by atoms with Gasteiger partial charge < -0.3 is 4.57 Å². The first-order valence-electron chi connectivity index (χ1n) is 17.0. The van der Waals surface area contributed by atoms with Crippen molar-refractivity contribution in [3.05, 3.63) is 176 Å². The molecule has 0 amide bonds. The van der Waals surface area contributed by atoms with Crippen LogP contribution in [0.15, 0.2) is 176 Å². The molecule has 1 heteroatoms. The Morgan fingerprint density at radius 2 is 0.755 bits per heavy atom. The van der Waals surface area contributed by atoms with E-state index in [4.69, 9.17) is 0 Å². The van der Waals surface area contributed by atoms with Gasteiger partial charge in [0.2, 0.25) is 0 Å². The summed E-state index contributed by atoms with van der Waals surface area (Å²) in [5, 5.41) is 18.1. The predicted octanol–water partition coefficient (Wildman–Crippen LogP) is 13.4. The third-order valence-electron chi connectivity index (χ3n) is 10.7. The van der Waals surface area contributed by atoms with E-state index in [0.717, 1.165) is 5.69 Å². The fourth-order valence-electron chi connectivity index (χ4n) is 8.54. The molecule has 0 unspecified atom stereocenters. The van der Waals surface area contributed by atoms with Crippen LogP contribution in [0.4, 0.5) is 0 Å². The van der Waals surface area contributed by atoms with E-state index in [-0.39, 0.29) is 0 Å². The maximum atomic E-state index is 2.45. The lowest BCUT2D eigenvalue weighted by Gasteiger charge is -2.14. The molecule has 0 aliphatic rings. The summed E-state index contributed by atoms with van der Waals surface area (Å²) in [6.45, 7) is 0. The number of hydrogen-bond acceptors (Lipinski definition) is 0.